The smallest absolute Gasteiger partial charge is 0.120 e. The van der Waals surface area contributed by atoms with Crippen molar-refractivity contribution in [3.05, 3.63) is 36.5 Å². The molecule has 0 atom stereocenters. The van der Waals surface area contributed by atoms with Gasteiger partial charge in [0.2, 0.25) is 0 Å². The summed E-state index contributed by atoms with van der Waals surface area (Å²) in [6.45, 7) is 1.33. The van der Waals surface area contributed by atoms with Gasteiger partial charge in [0.05, 0.1) is 12.1 Å². The summed E-state index contributed by atoms with van der Waals surface area (Å²) in [4.78, 5) is 4.24. The summed E-state index contributed by atoms with van der Waals surface area (Å²) in [6, 6.07) is 9.85. The molecule has 0 aliphatic heterocycles. The standard InChI is InChI=1S/C12H14N2O.ClH/c13-6-2-8-15-11-4-5-12-10(9-11)3-1-7-14-12;/h1,3-5,7,9H,2,6,8,13H2;1H. The summed E-state index contributed by atoms with van der Waals surface area (Å²) in [5.41, 5.74) is 6.38. The fraction of sp³-hybridized carbons (Fsp3) is 0.250. The topological polar surface area (TPSA) is 48.1 Å². The van der Waals surface area contributed by atoms with Crippen LogP contribution in [0, 0.1) is 0 Å². The number of rotatable bonds is 4. The zero-order chi connectivity index (χ0) is 10.5. The number of hydrogen-bond acceptors (Lipinski definition) is 3. The van der Waals surface area contributed by atoms with Gasteiger partial charge < -0.3 is 10.5 Å². The van der Waals surface area contributed by atoms with Crippen molar-refractivity contribution in [3.8, 4) is 5.75 Å². The van der Waals surface area contributed by atoms with Crippen molar-refractivity contribution < 1.29 is 4.74 Å². The Morgan fingerprint density at radius 1 is 1.25 bits per heavy atom. The zero-order valence-corrected chi connectivity index (χ0v) is 9.74. The van der Waals surface area contributed by atoms with E-state index in [0.29, 0.717) is 13.2 Å². The van der Waals surface area contributed by atoms with E-state index in [2.05, 4.69) is 4.98 Å². The zero-order valence-electron chi connectivity index (χ0n) is 8.93. The molecule has 0 radical (unpaired) electrons. The molecular weight excluding hydrogens is 224 g/mol. The average Bonchev–Trinajstić information content (AvgIpc) is 2.29. The van der Waals surface area contributed by atoms with E-state index in [0.717, 1.165) is 23.1 Å². The monoisotopic (exact) mass is 238 g/mol. The fourth-order valence-electron chi connectivity index (χ4n) is 1.42. The van der Waals surface area contributed by atoms with Crippen molar-refractivity contribution >= 4 is 23.3 Å². The summed E-state index contributed by atoms with van der Waals surface area (Å²) in [5.74, 6) is 0.879. The summed E-state index contributed by atoms with van der Waals surface area (Å²) in [5, 5.41) is 1.10. The highest BCUT2D eigenvalue weighted by atomic mass is 35.5. The normalized spacial score (nSPS) is 9.81. The predicted molar refractivity (Wildman–Crippen MR) is 68.2 cm³/mol. The number of pyridine rings is 1. The van der Waals surface area contributed by atoms with Crippen LogP contribution in [0.15, 0.2) is 36.5 Å². The predicted octanol–water partition coefficient (Wildman–Crippen LogP) is 2.38. The molecule has 0 saturated heterocycles. The first-order chi connectivity index (χ1) is 7.40. The van der Waals surface area contributed by atoms with Gasteiger partial charge in [0, 0.05) is 11.6 Å². The largest absolute Gasteiger partial charge is 0.494 e. The van der Waals surface area contributed by atoms with Crippen molar-refractivity contribution in [2.75, 3.05) is 13.2 Å². The van der Waals surface area contributed by atoms with E-state index in [1.165, 1.54) is 0 Å². The Kier molecular flexibility index (Phi) is 5.02. The number of aromatic nitrogens is 1. The summed E-state index contributed by atoms with van der Waals surface area (Å²) in [7, 11) is 0. The van der Waals surface area contributed by atoms with Gasteiger partial charge in [-0.1, -0.05) is 6.07 Å². The molecule has 86 valence electrons. The second kappa shape index (κ2) is 6.30. The molecule has 0 spiro atoms. The van der Waals surface area contributed by atoms with E-state index in [4.69, 9.17) is 10.5 Å². The van der Waals surface area contributed by atoms with Gasteiger partial charge in [-0.25, -0.2) is 0 Å². The number of hydrogen-bond donors (Lipinski definition) is 1. The third kappa shape index (κ3) is 3.08. The van der Waals surface area contributed by atoms with Crippen LogP contribution in [0.5, 0.6) is 5.75 Å². The minimum atomic E-state index is 0. The SMILES string of the molecule is Cl.NCCCOc1ccc2ncccc2c1. The maximum absolute atomic E-state index is 5.55. The van der Waals surface area contributed by atoms with E-state index in [9.17, 15) is 0 Å². The molecule has 2 N–H and O–H groups in total. The number of nitrogens with two attached hydrogens (primary N) is 1. The summed E-state index contributed by atoms with van der Waals surface area (Å²) < 4.78 is 5.55. The molecule has 4 heteroatoms. The van der Waals surface area contributed by atoms with Gasteiger partial charge in [-0.15, -0.1) is 12.4 Å². The van der Waals surface area contributed by atoms with Crippen molar-refractivity contribution in [2.45, 2.75) is 6.42 Å². The molecule has 0 aliphatic rings. The summed E-state index contributed by atoms with van der Waals surface area (Å²) in [6.07, 6.45) is 2.67. The van der Waals surface area contributed by atoms with Crippen LogP contribution in [-0.4, -0.2) is 18.1 Å². The quantitative estimate of drug-likeness (QED) is 0.832. The third-order valence-electron chi connectivity index (χ3n) is 2.19. The lowest BCUT2D eigenvalue weighted by Gasteiger charge is -2.05. The van der Waals surface area contributed by atoms with Crippen LogP contribution in [0.4, 0.5) is 0 Å². The second-order valence-corrected chi connectivity index (χ2v) is 3.35. The van der Waals surface area contributed by atoms with Gasteiger partial charge in [0.15, 0.2) is 0 Å². The Hall–Kier alpha value is -1.32. The van der Waals surface area contributed by atoms with Gasteiger partial charge in [-0.2, -0.15) is 0 Å². The van der Waals surface area contributed by atoms with Crippen molar-refractivity contribution in [1.29, 1.82) is 0 Å². The highest BCUT2D eigenvalue weighted by molar-refractivity contribution is 5.85. The van der Waals surface area contributed by atoms with E-state index in [-0.39, 0.29) is 12.4 Å². The summed E-state index contributed by atoms with van der Waals surface area (Å²) >= 11 is 0. The minimum Gasteiger partial charge on any atom is -0.494 e. The molecule has 0 unspecified atom stereocenters. The molecule has 1 heterocycles. The Morgan fingerprint density at radius 3 is 2.94 bits per heavy atom. The molecule has 0 aliphatic carbocycles. The molecule has 0 bridgehead atoms. The Bertz CT molecular complexity index is 448. The Balaban J connectivity index is 0.00000128. The lowest BCUT2D eigenvalue weighted by molar-refractivity contribution is 0.314. The first-order valence-corrected chi connectivity index (χ1v) is 5.08. The van der Waals surface area contributed by atoms with Crippen LogP contribution in [0.2, 0.25) is 0 Å². The lowest BCUT2D eigenvalue weighted by Crippen LogP contribution is -2.05. The second-order valence-electron chi connectivity index (χ2n) is 3.35. The van der Waals surface area contributed by atoms with Gasteiger partial charge >= 0.3 is 0 Å². The maximum Gasteiger partial charge on any atom is 0.120 e. The molecule has 2 aromatic rings. The molecule has 2 rings (SSSR count). The lowest BCUT2D eigenvalue weighted by atomic mass is 10.2. The van der Waals surface area contributed by atoms with Crippen LogP contribution in [0.1, 0.15) is 6.42 Å². The van der Waals surface area contributed by atoms with Crippen LogP contribution in [-0.2, 0) is 0 Å². The van der Waals surface area contributed by atoms with E-state index < -0.39 is 0 Å². The average molecular weight is 239 g/mol. The highest BCUT2D eigenvalue weighted by Crippen LogP contribution is 2.18. The van der Waals surface area contributed by atoms with Crippen molar-refractivity contribution in [2.24, 2.45) is 5.73 Å². The molecule has 1 aromatic carbocycles. The minimum absolute atomic E-state index is 0. The molecular formula is C12H15ClN2O. The third-order valence-corrected chi connectivity index (χ3v) is 2.19. The molecule has 0 fully saturated rings. The molecule has 0 amide bonds. The fourth-order valence-corrected chi connectivity index (χ4v) is 1.42. The Morgan fingerprint density at radius 2 is 2.12 bits per heavy atom. The van der Waals surface area contributed by atoms with Crippen LogP contribution in [0.3, 0.4) is 0 Å². The Labute approximate surface area is 101 Å². The van der Waals surface area contributed by atoms with Gasteiger partial charge in [-0.05, 0) is 37.2 Å². The van der Waals surface area contributed by atoms with Gasteiger partial charge in [-0.3, -0.25) is 4.98 Å². The molecule has 0 saturated carbocycles. The van der Waals surface area contributed by atoms with Crippen molar-refractivity contribution in [1.82, 2.24) is 4.98 Å². The number of nitrogens with zero attached hydrogens (tertiary/aromatic N) is 1. The van der Waals surface area contributed by atoms with Gasteiger partial charge in [0.25, 0.3) is 0 Å². The number of fused-ring (bicyclic) bond motifs is 1. The maximum atomic E-state index is 5.55. The van der Waals surface area contributed by atoms with E-state index in [1.807, 2.05) is 30.3 Å². The molecule has 16 heavy (non-hydrogen) atoms. The van der Waals surface area contributed by atoms with Gasteiger partial charge in [0.1, 0.15) is 5.75 Å². The number of ether oxygens (including phenoxy) is 1. The van der Waals surface area contributed by atoms with Crippen LogP contribution >= 0.6 is 12.4 Å². The van der Waals surface area contributed by atoms with Crippen LogP contribution < -0.4 is 10.5 Å². The van der Waals surface area contributed by atoms with Crippen LogP contribution in [0.25, 0.3) is 10.9 Å². The number of benzene rings is 1. The molecule has 1 aromatic heterocycles. The molecule has 3 nitrogen and oxygen atoms in total. The first-order valence-electron chi connectivity index (χ1n) is 5.08. The number of halogens is 1. The van der Waals surface area contributed by atoms with E-state index >= 15 is 0 Å². The first kappa shape index (κ1) is 12.7. The highest BCUT2D eigenvalue weighted by Gasteiger charge is 1.97. The van der Waals surface area contributed by atoms with Crippen molar-refractivity contribution in [3.63, 3.8) is 0 Å². The van der Waals surface area contributed by atoms with E-state index in [1.54, 1.807) is 6.20 Å².